The van der Waals surface area contributed by atoms with E-state index in [1.54, 1.807) is 43.8 Å². The minimum atomic E-state index is -0.711. The van der Waals surface area contributed by atoms with Crippen LogP contribution in [0.25, 0.3) is 22.4 Å². The third-order valence-electron chi connectivity index (χ3n) is 4.10. The van der Waals surface area contributed by atoms with Crippen LogP contribution in [0.4, 0.5) is 10.2 Å². The SMILES string of the molecule is CCn1ccc(-c2ccnc(N)c2-c2ccc(C(=O)OC(C)(C)C)c(F)c2)n1. The monoisotopic (exact) mass is 382 g/mol. The molecule has 3 aromatic rings. The van der Waals surface area contributed by atoms with Crippen LogP contribution in [0.1, 0.15) is 38.1 Å². The van der Waals surface area contributed by atoms with Gasteiger partial charge in [0.25, 0.3) is 0 Å². The van der Waals surface area contributed by atoms with Gasteiger partial charge in [-0.2, -0.15) is 5.10 Å². The lowest BCUT2D eigenvalue weighted by Gasteiger charge is -2.20. The van der Waals surface area contributed by atoms with Crippen LogP contribution in [-0.4, -0.2) is 26.3 Å². The number of ether oxygens (including phenoxy) is 1. The molecule has 0 aliphatic heterocycles. The summed E-state index contributed by atoms with van der Waals surface area (Å²) in [5.41, 5.74) is 7.80. The molecular formula is C21H23FN4O2. The van der Waals surface area contributed by atoms with Gasteiger partial charge in [0, 0.05) is 30.1 Å². The van der Waals surface area contributed by atoms with Crippen molar-refractivity contribution in [1.29, 1.82) is 0 Å². The molecule has 0 spiro atoms. The molecule has 7 heteroatoms. The van der Waals surface area contributed by atoms with Gasteiger partial charge in [0.2, 0.25) is 0 Å². The lowest BCUT2D eigenvalue weighted by Crippen LogP contribution is -2.24. The smallest absolute Gasteiger partial charge is 0.341 e. The molecular weight excluding hydrogens is 359 g/mol. The molecule has 2 aromatic heterocycles. The van der Waals surface area contributed by atoms with Crippen LogP contribution in [-0.2, 0) is 11.3 Å². The summed E-state index contributed by atoms with van der Waals surface area (Å²) in [6.07, 6.45) is 3.45. The molecule has 0 bridgehead atoms. The lowest BCUT2D eigenvalue weighted by molar-refractivity contribution is 0.00648. The summed E-state index contributed by atoms with van der Waals surface area (Å²) in [4.78, 5) is 16.3. The number of aromatic nitrogens is 3. The number of esters is 1. The first-order chi connectivity index (χ1) is 13.2. The van der Waals surface area contributed by atoms with Crippen LogP contribution in [0.2, 0.25) is 0 Å². The van der Waals surface area contributed by atoms with E-state index in [0.29, 0.717) is 16.8 Å². The van der Waals surface area contributed by atoms with Crippen molar-refractivity contribution < 1.29 is 13.9 Å². The van der Waals surface area contributed by atoms with E-state index in [2.05, 4.69) is 10.1 Å². The first-order valence-electron chi connectivity index (χ1n) is 9.01. The average molecular weight is 382 g/mol. The number of pyridine rings is 1. The largest absolute Gasteiger partial charge is 0.456 e. The Morgan fingerprint density at radius 2 is 2.00 bits per heavy atom. The van der Waals surface area contributed by atoms with Gasteiger partial charge in [-0.25, -0.2) is 14.2 Å². The van der Waals surface area contributed by atoms with Crippen molar-refractivity contribution in [1.82, 2.24) is 14.8 Å². The van der Waals surface area contributed by atoms with Crippen LogP contribution in [0.5, 0.6) is 0 Å². The van der Waals surface area contributed by atoms with Crippen LogP contribution < -0.4 is 5.73 Å². The molecule has 0 saturated heterocycles. The summed E-state index contributed by atoms with van der Waals surface area (Å²) in [6.45, 7) is 7.91. The quantitative estimate of drug-likeness (QED) is 0.680. The van der Waals surface area contributed by atoms with E-state index in [9.17, 15) is 9.18 Å². The van der Waals surface area contributed by atoms with Crippen molar-refractivity contribution in [2.45, 2.75) is 39.8 Å². The van der Waals surface area contributed by atoms with Crippen molar-refractivity contribution in [3.05, 3.63) is 54.1 Å². The molecule has 0 saturated carbocycles. The highest BCUT2D eigenvalue weighted by Crippen LogP contribution is 2.35. The fourth-order valence-electron chi connectivity index (χ4n) is 2.85. The molecule has 0 unspecified atom stereocenters. The van der Waals surface area contributed by atoms with Gasteiger partial charge in [-0.3, -0.25) is 4.68 Å². The average Bonchev–Trinajstić information content (AvgIpc) is 3.08. The molecule has 2 N–H and O–H groups in total. The Morgan fingerprint density at radius 3 is 2.61 bits per heavy atom. The molecule has 3 rings (SSSR count). The van der Waals surface area contributed by atoms with Gasteiger partial charge in [0.1, 0.15) is 17.2 Å². The highest BCUT2D eigenvalue weighted by molar-refractivity contribution is 5.93. The fourth-order valence-corrected chi connectivity index (χ4v) is 2.85. The molecule has 0 aliphatic rings. The summed E-state index contributed by atoms with van der Waals surface area (Å²) >= 11 is 0. The Bertz CT molecular complexity index is 1020. The second-order valence-corrected chi connectivity index (χ2v) is 7.37. The summed E-state index contributed by atoms with van der Waals surface area (Å²) < 4.78 is 21.8. The maximum atomic E-state index is 14.7. The van der Waals surface area contributed by atoms with Crippen molar-refractivity contribution in [2.24, 2.45) is 0 Å². The van der Waals surface area contributed by atoms with Crippen molar-refractivity contribution in [2.75, 3.05) is 5.73 Å². The van der Waals surface area contributed by atoms with Crippen LogP contribution in [0.3, 0.4) is 0 Å². The van der Waals surface area contributed by atoms with Crippen molar-refractivity contribution in [3.63, 3.8) is 0 Å². The van der Waals surface area contributed by atoms with Gasteiger partial charge >= 0.3 is 5.97 Å². The van der Waals surface area contributed by atoms with Crippen molar-refractivity contribution >= 4 is 11.8 Å². The predicted molar refractivity (Wildman–Crippen MR) is 106 cm³/mol. The van der Waals surface area contributed by atoms with Crippen LogP contribution in [0, 0.1) is 5.82 Å². The minimum Gasteiger partial charge on any atom is -0.456 e. The Labute approximate surface area is 163 Å². The number of nitrogen functional groups attached to an aromatic ring is 1. The van der Waals surface area contributed by atoms with E-state index >= 15 is 0 Å². The maximum absolute atomic E-state index is 14.7. The van der Waals surface area contributed by atoms with Crippen LogP contribution in [0.15, 0.2) is 42.7 Å². The van der Waals surface area contributed by atoms with E-state index in [4.69, 9.17) is 10.5 Å². The zero-order valence-corrected chi connectivity index (χ0v) is 16.4. The zero-order valence-electron chi connectivity index (χ0n) is 16.4. The first kappa shape index (κ1) is 19.5. The van der Waals surface area contributed by atoms with Gasteiger partial charge in [0.05, 0.1) is 11.3 Å². The molecule has 0 fully saturated rings. The summed E-state index contributed by atoms with van der Waals surface area (Å²) in [5.74, 6) is -1.13. The number of anilines is 1. The fraction of sp³-hybridized carbons (Fsp3) is 0.286. The Hall–Kier alpha value is -3.22. The predicted octanol–water partition coefficient (Wildman–Crippen LogP) is 4.31. The molecule has 146 valence electrons. The third kappa shape index (κ3) is 4.03. The molecule has 1 aromatic carbocycles. The van der Waals surface area contributed by atoms with E-state index in [1.165, 1.54) is 12.1 Å². The Kier molecular flexibility index (Phi) is 5.18. The van der Waals surface area contributed by atoms with E-state index in [1.807, 2.05) is 19.2 Å². The van der Waals surface area contributed by atoms with E-state index in [0.717, 1.165) is 12.1 Å². The first-order valence-corrected chi connectivity index (χ1v) is 9.01. The highest BCUT2D eigenvalue weighted by Gasteiger charge is 2.22. The number of carbonyl (C=O) groups excluding carboxylic acids is 1. The standard InChI is InChI=1S/C21H23FN4O2/c1-5-26-11-9-17(25-26)15-8-10-24-19(23)18(15)13-6-7-14(16(22)12-13)20(27)28-21(2,3)4/h6-12H,5H2,1-4H3,(H2,23,24). The van der Waals surface area contributed by atoms with E-state index in [-0.39, 0.29) is 11.4 Å². The van der Waals surface area contributed by atoms with Gasteiger partial charge < -0.3 is 10.5 Å². The second-order valence-electron chi connectivity index (χ2n) is 7.37. The molecule has 28 heavy (non-hydrogen) atoms. The molecule has 0 amide bonds. The maximum Gasteiger partial charge on any atom is 0.341 e. The van der Waals surface area contributed by atoms with Gasteiger partial charge in [-0.05, 0) is 57.5 Å². The molecule has 0 radical (unpaired) electrons. The zero-order chi connectivity index (χ0) is 20.5. The van der Waals surface area contributed by atoms with Crippen molar-refractivity contribution in [3.8, 4) is 22.4 Å². The Morgan fingerprint density at radius 1 is 1.25 bits per heavy atom. The summed E-state index contributed by atoms with van der Waals surface area (Å²) in [5, 5.41) is 4.50. The number of hydrogen-bond acceptors (Lipinski definition) is 5. The molecule has 2 heterocycles. The third-order valence-corrected chi connectivity index (χ3v) is 4.10. The molecule has 6 nitrogen and oxygen atoms in total. The Balaban J connectivity index is 2.05. The number of carbonyl (C=O) groups is 1. The number of benzene rings is 1. The topological polar surface area (TPSA) is 83.0 Å². The minimum absolute atomic E-state index is 0.127. The van der Waals surface area contributed by atoms with Gasteiger partial charge in [-0.1, -0.05) is 6.07 Å². The number of hydrogen-bond donors (Lipinski definition) is 1. The summed E-state index contributed by atoms with van der Waals surface area (Å²) in [6, 6.07) is 7.96. The number of rotatable bonds is 4. The van der Waals surface area contributed by atoms with E-state index < -0.39 is 17.4 Å². The van der Waals surface area contributed by atoms with Gasteiger partial charge in [0.15, 0.2) is 0 Å². The molecule has 0 atom stereocenters. The lowest BCUT2D eigenvalue weighted by atomic mass is 9.97. The highest BCUT2D eigenvalue weighted by atomic mass is 19.1. The van der Waals surface area contributed by atoms with Gasteiger partial charge in [-0.15, -0.1) is 0 Å². The van der Waals surface area contributed by atoms with Crippen LogP contribution >= 0.6 is 0 Å². The normalized spacial score (nSPS) is 11.5. The number of halogens is 1. The number of aryl methyl sites for hydroxylation is 1. The summed E-state index contributed by atoms with van der Waals surface area (Å²) in [7, 11) is 0. The molecule has 0 aliphatic carbocycles. The second kappa shape index (κ2) is 7.42. The number of nitrogens with two attached hydrogens (primary N) is 1. The number of nitrogens with zero attached hydrogens (tertiary/aromatic N) is 3.